The number of hydrogen-bond acceptors (Lipinski definition) is 4. The molecule has 0 fully saturated rings. The molecule has 0 amide bonds. The molecule has 20 heavy (non-hydrogen) atoms. The molecular formula is C13H15BrN2O2S2. The van der Waals surface area contributed by atoms with Crippen LogP contribution in [-0.2, 0) is 16.6 Å². The van der Waals surface area contributed by atoms with Gasteiger partial charge in [-0.05, 0) is 53.7 Å². The second kappa shape index (κ2) is 6.26. The zero-order valence-corrected chi connectivity index (χ0v) is 14.3. The summed E-state index contributed by atoms with van der Waals surface area (Å²) in [4.78, 5) is 1.27. The first kappa shape index (κ1) is 15.5. The van der Waals surface area contributed by atoms with Gasteiger partial charge in [-0.25, -0.2) is 8.42 Å². The predicted molar refractivity (Wildman–Crippen MR) is 86.8 cm³/mol. The van der Waals surface area contributed by atoms with Gasteiger partial charge in [0.05, 0.1) is 10.6 Å². The molecule has 2 rings (SSSR count). The molecule has 0 unspecified atom stereocenters. The molecule has 2 aromatic rings. The topological polar surface area (TPSA) is 58.2 Å². The van der Waals surface area contributed by atoms with Crippen LogP contribution in [0, 0.1) is 6.92 Å². The van der Waals surface area contributed by atoms with Gasteiger partial charge in [0.2, 0.25) is 0 Å². The predicted octanol–water partition coefficient (Wildman–Crippen LogP) is 3.34. The zero-order valence-electron chi connectivity index (χ0n) is 11.1. The lowest BCUT2D eigenvalue weighted by Gasteiger charge is -2.09. The molecule has 108 valence electrons. The number of sulfonamides is 1. The molecule has 0 atom stereocenters. The maximum absolute atomic E-state index is 12.3. The molecule has 0 bridgehead atoms. The Bertz CT molecular complexity index is 711. The minimum Gasteiger partial charge on any atom is -0.315 e. The van der Waals surface area contributed by atoms with Gasteiger partial charge in [0.25, 0.3) is 10.0 Å². The Morgan fingerprint density at radius 2 is 2.05 bits per heavy atom. The number of thiophene rings is 1. The fraction of sp³-hybridized carbons (Fsp3) is 0.231. The number of aryl methyl sites for hydroxylation is 1. The Morgan fingerprint density at radius 1 is 1.30 bits per heavy atom. The minimum absolute atomic E-state index is 0.292. The Kier molecular flexibility index (Phi) is 4.85. The Balaban J connectivity index is 2.26. The number of hydrogen-bond donors (Lipinski definition) is 2. The fourth-order valence-corrected chi connectivity index (χ4v) is 4.77. The van der Waals surface area contributed by atoms with Crippen molar-refractivity contribution in [3.05, 3.63) is 44.6 Å². The normalized spacial score (nSPS) is 11.6. The number of benzene rings is 1. The molecule has 0 aliphatic carbocycles. The lowest BCUT2D eigenvalue weighted by Crippen LogP contribution is -2.12. The quantitative estimate of drug-likeness (QED) is 0.843. The van der Waals surface area contributed by atoms with Gasteiger partial charge in [-0.2, -0.15) is 0 Å². The average Bonchev–Trinajstić information content (AvgIpc) is 2.83. The molecule has 0 radical (unpaired) electrons. The van der Waals surface area contributed by atoms with Crippen molar-refractivity contribution in [1.29, 1.82) is 0 Å². The second-order valence-electron chi connectivity index (χ2n) is 4.37. The van der Waals surface area contributed by atoms with Gasteiger partial charge in [-0.3, -0.25) is 4.72 Å². The number of halogens is 1. The van der Waals surface area contributed by atoms with Crippen LogP contribution in [0.5, 0.6) is 0 Å². The van der Waals surface area contributed by atoms with E-state index in [2.05, 4.69) is 26.0 Å². The smallest absolute Gasteiger partial charge is 0.262 e. The molecule has 2 N–H and O–H groups in total. The first-order valence-electron chi connectivity index (χ1n) is 5.93. The number of anilines is 1. The van der Waals surface area contributed by atoms with Crippen LogP contribution in [0.25, 0.3) is 0 Å². The lowest BCUT2D eigenvalue weighted by molar-refractivity contribution is 0.601. The lowest BCUT2D eigenvalue weighted by atomic mass is 10.2. The summed E-state index contributed by atoms with van der Waals surface area (Å²) in [5, 5.41) is 4.65. The maximum Gasteiger partial charge on any atom is 0.262 e. The van der Waals surface area contributed by atoms with E-state index in [1.807, 2.05) is 26.1 Å². The van der Waals surface area contributed by atoms with E-state index in [0.29, 0.717) is 17.1 Å². The molecule has 0 aliphatic heterocycles. The van der Waals surface area contributed by atoms with Crippen molar-refractivity contribution >= 4 is 43.0 Å². The molecule has 0 saturated heterocycles. The summed E-state index contributed by atoms with van der Waals surface area (Å²) in [6, 6.07) is 7.17. The van der Waals surface area contributed by atoms with Crippen LogP contribution < -0.4 is 10.0 Å². The average molecular weight is 375 g/mol. The Labute approximate surface area is 131 Å². The van der Waals surface area contributed by atoms with E-state index in [0.717, 1.165) is 14.9 Å². The molecule has 1 heterocycles. The van der Waals surface area contributed by atoms with Gasteiger partial charge in [-0.15, -0.1) is 11.3 Å². The van der Waals surface area contributed by atoms with Crippen molar-refractivity contribution in [3.63, 3.8) is 0 Å². The summed E-state index contributed by atoms with van der Waals surface area (Å²) in [6.45, 7) is 2.61. The summed E-state index contributed by atoms with van der Waals surface area (Å²) >= 11 is 4.79. The van der Waals surface area contributed by atoms with Gasteiger partial charge in [-0.1, -0.05) is 6.07 Å². The highest BCUT2D eigenvalue weighted by Crippen LogP contribution is 2.27. The van der Waals surface area contributed by atoms with Crippen LogP contribution in [0.3, 0.4) is 0 Å². The third-order valence-corrected chi connectivity index (χ3v) is 5.75. The first-order chi connectivity index (χ1) is 9.42. The molecule has 0 aliphatic rings. The fourth-order valence-electron chi connectivity index (χ4n) is 1.67. The van der Waals surface area contributed by atoms with Gasteiger partial charge >= 0.3 is 0 Å². The van der Waals surface area contributed by atoms with Gasteiger partial charge in [0.15, 0.2) is 0 Å². The Hall–Kier alpha value is -0.890. The third-order valence-electron chi connectivity index (χ3n) is 2.66. The number of nitrogens with one attached hydrogen (secondary N) is 2. The van der Waals surface area contributed by atoms with Crippen molar-refractivity contribution in [2.45, 2.75) is 18.4 Å². The van der Waals surface area contributed by atoms with E-state index < -0.39 is 10.0 Å². The molecule has 7 heteroatoms. The molecule has 0 spiro atoms. The highest BCUT2D eigenvalue weighted by Gasteiger charge is 2.17. The van der Waals surface area contributed by atoms with Gasteiger partial charge in [0, 0.05) is 21.3 Å². The molecule has 1 aromatic carbocycles. The van der Waals surface area contributed by atoms with Gasteiger partial charge < -0.3 is 5.32 Å². The minimum atomic E-state index is -3.54. The molecular weight excluding hydrogens is 360 g/mol. The summed E-state index contributed by atoms with van der Waals surface area (Å²) in [5.41, 5.74) is 1.60. The molecule has 4 nitrogen and oxygen atoms in total. The van der Waals surface area contributed by atoms with Crippen molar-refractivity contribution in [2.24, 2.45) is 0 Å². The van der Waals surface area contributed by atoms with Crippen LogP contribution in [0.4, 0.5) is 5.69 Å². The van der Waals surface area contributed by atoms with Crippen LogP contribution >= 0.6 is 27.3 Å². The molecule has 0 saturated carbocycles. The third kappa shape index (κ3) is 3.60. The number of rotatable bonds is 5. The van der Waals surface area contributed by atoms with E-state index in [-0.39, 0.29) is 0 Å². The van der Waals surface area contributed by atoms with Crippen molar-refractivity contribution in [3.8, 4) is 0 Å². The van der Waals surface area contributed by atoms with Crippen LogP contribution in [-0.4, -0.2) is 15.5 Å². The van der Waals surface area contributed by atoms with Crippen molar-refractivity contribution < 1.29 is 8.42 Å². The monoisotopic (exact) mass is 374 g/mol. The van der Waals surface area contributed by atoms with E-state index in [4.69, 9.17) is 0 Å². The van der Waals surface area contributed by atoms with E-state index in [1.165, 1.54) is 11.3 Å². The first-order valence-corrected chi connectivity index (χ1v) is 9.09. The van der Waals surface area contributed by atoms with Crippen LogP contribution in [0.1, 0.15) is 10.4 Å². The summed E-state index contributed by atoms with van der Waals surface area (Å²) in [7, 11) is -1.71. The molecule has 1 aromatic heterocycles. The summed E-state index contributed by atoms with van der Waals surface area (Å²) in [6.07, 6.45) is 0. The van der Waals surface area contributed by atoms with E-state index in [9.17, 15) is 8.42 Å². The van der Waals surface area contributed by atoms with Crippen molar-refractivity contribution in [2.75, 3.05) is 11.8 Å². The van der Waals surface area contributed by atoms with E-state index >= 15 is 0 Å². The highest BCUT2D eigenvalue weighted by atomic mass is 79.9. The van der Waals surface area contributed by atoms with Crippen LogP contribution in [0.2, 0.25) is 0 Å². The largest absolute Gasteiger partial charge is 0.315 e. The zero-order chi connectivity index (χ0) is 14.8. The van der Waals surface area contributed by atoms with Crippen molar-refractivity contribution in [1.82, 2.24) is 5.32 Å². The summed E-state index contributed by atoms with van der Waals surface area (Å²) in [5.74, 6) is 0. The highest BCUT2D eigenvalue weighted by molar-refractivity contribution is 9.10. The van der Waals surface area contributed by atoms with E-state index in [1.54, 1.807) is 17.5 Å². The van der Waals surface area contributed by atoms with Gasteiger partial charge in [0.1, 0.15) is 0 Å². The maximum atomic E-state index is 12.3. The summed E-state index contributed by atoms with van der Waals surface area (Å²) < 4.78 is 27.9. The SMILES string of the molecule is CNCc1cc(S(=O)(=O)Nc2ccc(C)cc2Br)cs1. The standard InChI is InChI=1S/C13H15BrN2O2S2/c1-9-3-4-13(12(14)5-9)16-20(17,18)11-6-10(7-15-2)19-8-11/h3-6,8,15-16H,7H2,1-2H3. The van der Waals surface area contributed by atoms with Crippen LogP contribution in [0.15, 0.2) is 39.0 Å². The Morgan fingerprint density at radius 3 is 2.70 bits per heavy atom. The second-order valence-corrected chi connectivity index (χ2v) is 7.90.